The van der Waals surface area contributed by atoms with E-state index in [0.717, 1.165) is 20.9 Å². The number of aromatic nitrogens is 2. The van der Waals surface area contributed by atoms with Crippen LogP contribution < -0.4 is 5.32 Å². The molecule has 0 radical (unpaired) electrons. The predicted octanol–water partition coefficient (Wildman–Crippen LogP) is 5.38. The second-order valence-corrected chi connectivity index (χ2v) is 9.08. The number of nitrogens with one attached hydrogen (secondary N) is 1. The number of pyridine rings is 1. The van der Waals surface area contributed by atoms with Crippen molar-refractivity contribution in [2.24, 2.45) is 0 Å². The summed E-state index contributed by atoms with van der Waals surface area (Å²) in [6.45, 7) is 1.76. The summed E-state index contributed by atoms with van der Waals surface area (Å²) in [5.41, 5.74) is 3.43. The maximum absolute atomic E-state index is 13.2. The van der Waals surface area contributed by atoms with Gasteiger partial charge in [-0.15, -0.1) is 0 Å². The predicted molar refractivity (Wildman–Crippen MR) is 128 cm³/mol. The Labute approximate surface area is 192 Å². The van der Waals surface area contributed by atoms with E-state index in [1.54, 1.807) is 27.1 Å². The maximum Gasteiger partial charge on any atom is 0.265 e. The first-order valence-electron chi connectivity index (χ1n) is 9.49. The molecular weight excluding hydrogens is 476 g/mol. The number of hydrogen-bond acceptors (Lipinski definition) is 5. The van der Waals surface area contributed by atoms with E-state index in [-0.39, 0.29) is 11.8 Å². The van der Waals surface area contributed by atoms with E-state index in [1.807, 2.05) is 48.5 Å². The number of hydrogen-bond donors (Lipinski definition) is 1. The lowest BCUT2D eigenvalue weighted by molar-refractivity contribution is 0.0831. The van der Waals surface area contributed by atoms with Gasteiger partial charge in [0.05, 0.1) is 22.5 Å². The number of fused-ring (bicyclic) bond motifs is 1. The van der Waals surface area contributed by atoms with Gasteiger partial charge >= 0.3 is 0 Å². The van der Waals surface area contributed by atoms with Crippen molar-refractivity contribution in [2.75, 3.05) is 19.4 Å². The Hall–Kier alpha value is -3.10. The lowest BCUT2D eigenvalue weighted by atomic mass is 10.0. The van der Waals surface area contributed by atoms with E-state index in [9.17, 15) is 9.59 Å². The van der Waals surface area contributed by atoms with Crippen molar-refractivity contribution in [1.29, 1.82) is 0 Å². The molecule has 2 amide bonds. The topological polar surface area (TPSA) is 75.2 Å². The zero-order chi connectivity index (χ0) is 22.1. The zero-order valence-corrected chi connectivity index (χ0v) is 19.5. The largest absolute Gasteiger partial charge is 0.344 e. The Balaban J connectivity index is 1.73. The molecule has 1 N–H and O–H groups in total. The number of rotatable bonds is 4. The highest BCUT2D eigenvalue weighted by Gasteiger charge is 2.20. The molecule has 0 aliphatic carbocycles. The first-order chi connectivity index (χ1) is 14.8. The van der Waals surface area contributed by atoms with E-state index in [4.69, 9.17) is 4.98 Å². The molecule has 0 saturated carbocycles. The van der Waals surface area contributed by atoms with Crippen LogP contribution in [-0.2, 0) is 0 Å². The summed E-state index contributed by atoms with van der Waals surface area (Å²) in [4.78, 5) is 36.6. The first kappa shape index (κ1) is 21.1. The molecule has 2 aromatic carbocycles. The van der Waals surface area contributed by atoms with Gasteiger partial charge in [-0.3, -0.25) is 14.9 Å². The highest BCUT2D eigenvalue weighted by molar-refractivity contribution is 9.10. The van der Waals surface area contributed by atoms with Crippen LogP contribution in [0.2, 0.25) is 0 Å². The Morgan fingerprint density at radius 3 is 2.45 bits per heavy atom. The molecule has 0 aliphatic heterocycles. The smallest absolute Gasteiger partial charge is 0.265 e. The summed E-state index contributed by atoms with van der Waals surface area (Å²) in [7, 11) is 3.37. The maximum atomic E-state index is 13.2. The summed E-state index contributed by atoms with van der Waals surface area (Å²) in [6.07, 6.45) is 0. The molecule has 2 aromatic heterocycles. The van der Waals surface area contributed by atoms with Gasteiger partial charge in [-0.2, -0.15) is 0 Å². The Morgan fingerprint density at radius 1 is 1.03 bits per heavy atom. The third-order valence-electron chi connectivity index (χ3n) is 4.72. The Bertz CT molecular complexity index is 1300. The lowest BCUT2D eigenvalue weighted by Crippen LogP contribution is -2.21. The molecule has 0 spiro atoms. The average Bonchev–Trinajstić information content (AvgIpc) is 3.12. The molecule has 0 atom stereocenters. The number of nitrogens with zero attached hydrogens (tertiary/aromatic N) is 3. The molecule has 8 heteroatoms. The van der Waals surface area contributed by atoms with Gasteiger partial charge in [-0.1, -0.05) is 57.6 Å². The van der Waals surface area contributed by atoms with Crippen LogP contribution in [-0.4, -0.2) is 40.8 Å². The van der Waals surface area contributed by atoms with E-state index in [0.29, 0.717) is 27.0 Å². The van der Waals surface area contributed by atoms with Gasteiger partial charge in [0, 0.05) is 29.5 Å². The molecule has 6 nitrogen and oxygen atoms in total. The van der Waals surface area contributed by atoms with Gasteiger partial charge in [0.25, 0.3) is 11.8 Å². The average molecular weight is 495 g/mol. The quantitative estimate of drug-likeness (QED) is 0.412. The third-order valence-corrected chi connectivity index (χ3v) is 6.31. The molecule has 2 heterocycles. The van der Waals surface area contributed by atoms with Crippen molar-refractivity contribution >= 4 is 55.1 Å². The minimum atomic E-state index is -0.297. The molecule has 4 aromatic rings. The van der Waals surface area contributed by atoms with Gasteiger partial charge in [-0.05, 0) is 31.2 Å². The number of para-hydroxylation sites is 1. The van der Waals surface area contributed by atoms with E-state index < -0.39 is 0 Å². The molecule has 0 aliphatic rings. The summed E-state index contributed by atoms with van der Waals surface area (Å²) in [5.74, 6) is -0.433. The molecule has 0 unspecified atom stereocenters. The molecular formula is C23H19BrN4O2S. The van der Waals surface area contributed by atoms with Crippen LogP contribution in [0.5, 0.6) is 0 Å². The van der Waals surface area contributed by atoms with Gasteiger partial charge in [0.15, 0.2) is 5.13 Å². The van der Waals surface area contributed by atoms with Crippen LogP contribution in [0.15, 0.2) is 59.1 Å². The van der Waals surface area contributed by atoms with Gasteiger partial charge in [-0.25, -0.2) is 9.97 Å². The summed E-state index contributed by atoms with van der Waals surface area (Å²) < 4.78 is 0.970. The number of carbonyl (C=O) groups is 2. The number of carbonyl (C=O) groups excluding carboxylic acids is 2. The van der Waals surface area contributed by atoms with Gasteiger partial charge < -0.3 is 4.90 Å². The van der Waals surface area contributed by atoms with Gasteiger partial charge in [0.2, 0.25) is 0 Å². The van der Waals surface area contributed by atoms with Crippen LogP contribution >= 0.6 is 27.3 Å². The van der Waals surface area contributed by atoms with Crippen molar-refractivity contribution < 1.29 is 9.59 Å². The number of benzene rings is 2. The lowest BCUT2D eigenvalue weighted by Gasteiger charge is -2.10. The third kappa shape index (κ3) is 4.35. The van der Waals surface area contributed by atoms with Crippen LogP contribution in [0.25, 0.3) is 22.2 Å². The van der Waals surface area contributed by atoms with E-state index in [2.05, 4.69) is 26.2 Å². The Morgan fingerprint density at radius 2 is 1.74 bits per heavy atom. The highest BCUT2D eigenvalue weighted by Crippen LogP contribution is 2.28. The monoisotopic (exact) mass is 494 g/mol. The molecule has 31 heavy (non-hydrogen) atoms. The number of halogens is 1. The van der Waals surface area contributed by atoms with Crippen LogP contribution in [0.1, 0.15) is 25.7 Å². The minimum Gasteiger partial charge on any atom is -0.344 e. The van der Waals surface area contributed by atoms with Crippen molar-refractivity contribution in [3.05, 3.63) is 75.2 Å². The normalized spacial score (nSPS) is 10.8. The van der Waals surface area contributed by atoms with Crippen molar-refractivity contribution in [3.63, 3.8) is 0 Å². The van der Waals surface area contributed by atoms with Crippen molar-refractivity contribution in [1.82, 2.24) is 14.9 Å². The summed E-state index contributed by atoms with van der Waals surface area (Å²) >= 11 is 4.61. The number of amides is 2. The molecule has 156 valence electrons. The molecule has 0 fully saturated rings. The zero-order valence-electron chi connectivity index (χ0n) is 17.1. The van der Waals surface area contributed by atoms with Gasteiger partial charge in [0.1, 0.15) is 4.88 Å². The fourth-order valence-electron chi connectivity index (χ4n) is 3.15. The van der Waals surface area contributed by atoms with E-state index >= 15 is 0 Å². The molecule has 0 bridgehead atoms. The number of aryl methyl sites for hydroxylation is 1. The first-order valence-corrected chi connectivity index (χ1v) is 11.1. The minimum absolute atomic E-state index is 0.137. The Kier molecular flexibility index (Phi) is 5.84. The second kappa shape index (κ2) is 8.56. The van der Waals surface area contributed by atoms with Crippen LogP contribution in [0.3, 0.4) is 0 Å². The van der Waals surface area contributed by atoms with Crippen molar-refractivity contribution in [2.45, 2.75) is 6.92 Å². The number of thiazole rings is 1. The number of anilines is 1. The standard InChI is InChI=1S/C23H19BrN4O2S/c1-13-20(22(30)28(2)3)31-23(25-13)27-21(29)17-12-19(14-8-10-15(24)11-9-14)26-18-7-5-4-6-16(17)18/h4-12H,1-3H3,(H,25,27,29). The fraction of sp³-hybridized carbons (Fsp3) is 0.130. The SMILES string of the molecule is Cc1nc(NC(=O)c2cc(-c3ccc(Br)cc3)nc3ccccc23)sc1C(=O)N(C)C. The van der Waals surface area contributed by atoms with Crippen LogP contribution in [0, 0.1) is 6.92 Å². The molecule has 4 rings (SSSR count). The summed E-state index contributed by atoms with van der Waals surface area (Å²) in [6, 6.07) is 17.1. The second-order valence-electron chi connectivity index (χ2n) is 7.17. The van der Waals surface area contributed by atoms with Crippen LogP contribution in [0.4, 0.5) is 5.13 Å². The molecule has 0 saturated heterocycles. The summed E-state index contributed by atoms with van der Waals surface area (Å²) in [5, 5.41) is 3.99. The fourth-order valence-corrected chi connectivity index (χ4v) is 4.39. The highest BCUT2D eigenvalue weighted by atomic mass is 79.9. The van der Waals surface area contributed by atoms with Crippen molar-refractivity contribution in [3.8, 4) is 11.3 Å². The van der Waals surface area contributed by atoms with E-state index in [1.165, 1.54) is 16.2 Å².